The second-order valence-corrected chi connectivity index (χ2v) is 1.98. The van der Waals surface area contributed by atoms with Gasteiger partial charge < -0.3 is 5.21 Å². The Morgan fingerprint density at radius 3 is 2.60 bits per heavy atom. The Balaban J connectivity index is 2.96. The summed E-state index contributed by atoms with van der Waals surface area (Å²) in [7, 11) is 0. The van der Waals surface area contributed by atoms with E-state index < -0.39 is 0 Å². The van der Waals surface area contributed by atoms with Gasteiger partial charge in [-0.1, -0.05) is 16.8 Å². The molecule has 1 rings (SSSR count). The molecule has 52 valence electrons. The maximum atomic E-state index is 8.22. The molecule has 0 aromatic carbocycles. The van der Waals surface area contributed by atoms with E-state index in [0.29, 0.717) is 5.56 Å². The summed E-state index contributed by atoms with van der Waals surface area (Å²) in [4.78, 5) is 3.77. The lowest BCUT2D eigenvalue weighted by Gasteiger charge is -1.91. The van der Waals surface area contributed by atoms with Gasteiger partial charge in [-0.05, 0) is 12.1 Å². The van der Waals surface area contributed by atoms with Gasteiger partial charge in [-0.15, -0.1) is 0 Å². The normalized spacial score (nSPS) is 11.5. The van der Waals surface area contributed by atoms with Crippen LogP contribution in [0.4, 0.5) is 0 Å². The molecule has 0 radical (unpaired) electrons. The van der Waals surface area contributed by atoms with Crippen molar-refractivity contribution in [1.29, 1.82) is 0 Å². The van der Waals surface area contributed by atoms with Crippen LogP contribution in [-0.2, 0) is 0 Å². The minimum absolute atomic E-state index is 0.0717. The third kappa shape index (κ3) is 1.45. The van der Waals surface area contributed by atoms with Crippen LogP contribution in [0.25, 0.3) is 0 Å². The molecule has 0 aliphatic carbocycles. The highest BCUT2D eigenvalue weighted by Gasteiger charge is 1.96. The highest BCUT2D eigenvalue weighted by Crippen LogP contribution is 2.01. The highest BCUT2D eigenvalue weighted by atomic mass is 35.5. The number of aromatic nitrogens is 1. The van der Waals surface area contributed by atoms with Crippen LogP contribution in [0, 0.1) is 0 Å². The van der Waals surface area contributed by atoms with Crippen molar-refractivity contribution in [3.8, 4) is 0 Å². The van der Waals surface area contributed by atoms with E-state index in [1.165, 1.54) is 0 Å². The third-order valence-corrected chi connectivity index (χ3v) is 1.30. The van der Waals surface area contributed by atoms with Crippen molar-refractivity contribution in [3.05, 3.63) is 30.1 Å². The summed E-state index contributed by atoms with van der Waals surface area (Å²) in [6.07, 6.45) is 3.14. The van der Waals surface area contributed by atoms with Crippen LogP contribution in [0.15, 0.2) is 29.7 Å². The molecule has 4 heteroatoms. The van der Waals surface area contributed by atoms with E-state index >= 15 is 0 Å². The second kappa shape index (κ2) is 3.17. The van der Waals surface area contributed by atoms with E-state index in [1.54, 1.807) is 24.5 Å². The van der Waals surface area contributed by atoms with Crippen molar-refractivity contribution in [1.82, 2.24) is 4.98 Å². The maximum Gasteiger partial charge on any atom is 0.175 e. The fourth-order valence-electron chi connectivity index (χ4n) is 0.547. The molecule has 0 unspecified atom stereocenters. The van der Waals surface area contributed by atoms with Crippen LogP contribution >= 0.6 is 11.6 Å². The standard InChI is InChI=1S/C6H5ClN2O/c7-6(9-10)5-1-3-8-4-2-5/h1-4,10H/b9-6+. The minimum Gasteiger partial charge on any atom is -0.410 e. The summed E-state index contributed by atoms with van der Waals surface area (Å²) in [6.45, 7) is 0. The average molecular weight is 157 g/mol. The molecule has 0 amide bonds. The fraction of sp³-hybridized carbons (Fsp3) is 0. The zero-order valence-corrected chi connectivity index (χ0v) is 5.78. The van der Waals surface area contributed by atoms with Gasteiger partial charge in [0.2, 0.25) is 0 Å². The Labute approximate surface area is 63.0 Å². The zero-order valence-electron chi connectivity index (χ0n) is 5.03. The topological polar surface area (TPSA) is 45.5 Å². The van der Waals surface area contributed by atoms with Crippen molar-refractivity contribution in [3.63, 3.8) is 0 Å². The fourth-order valence-corrected chi connectivity index (χ4v) is 0.673. The first-order valence-electron chi connectivity index (χ1n) is 2.62. The molecule has 10 heavy (non-hydrogen) atoms. The lowest BCUT2D eigenvalue weighted by Crippen LogP contribution is -1.89. The third-order valence-electron chi connectivity index (χ3n) is 1.01. The first kappa shape index (κ1) is 7.02. The first-order valence-corrected chi connectivity index (χ1v) is 3.00. The van der Waals surface area contributed by atoms with Crippen LogP contribution in [0.1, 0.15) is 5.56 Å². The van der Waals surface area contributed by atoms with Gasteiger partial charge in [0.25, 0.3) is 0 Å². The van der Waals surface area contributed by atoms with Gasteiger partial charge in [0.05, 0.1) is 0 Å². The van der Waals surface area contributed by atoms with E-state index in [9.17, 15) is 0 Å². The van der Waals surface area contributed by atoms with E-state index in [4.69, 9.17) is 16.8 Å². The number of nitrogens with zero attached hydrogens (tertiary/aromatic N) is 2. The molecule has 0 saturated heterocycles. The van der Waals surface area contributed by atoms with Crippen molar-refractivity contribution in [2.24, 2.45) is 5.16 Å². The van der Waals surface area contributed by atoms with Gasteiger partial charge in [-0.25, -0.2) is 0 Å². The maximum absolute atomic E-state index is 8.22. The summed E-state index contributed by atoms with van der Waals surface area (Å²) in [6, 6.07) is 3.31. The van der Waals surface area contributed by atoms with Gasteiger partial charge in [-0.3, -0.25) is 4.98 Å². The molecule has 0 spiro atoms. The smallest absolute Gasteiger partial charge is 0.175 e. The van der Waals surface area contributed by atoms with E-state index in [1.807, 2.05) is 0 Å². The molecule has 1 N–H and O–H groups in total. The quantitative estimate of drug-likeness (QED) is 0.380. The SMILES string of the molecule is O/N=C(/Cl)c1ccncc1. The van der Waals surface area contributed by atoms with Crippen LogP contribution in [-0.4, -0.2) is 15.4 Å². The van der Waals surface area contributed by atoms with Crippen LogP contribution < -0.4 is 0 Å². The second-order valence-electron chi connectivity index (χ2n) is 1.63. The van der Waals surface area contributed by atoms with Gasteiger partial charge in [-0.2, -0.15) is 0 Å². The number of rotatable bonds is 1. The summed E-state index contributed by atoms with van der Waals surface area (Å²) in [5, 5.41) is 11.1. The molecule has 0 bridgehead atoms. The molecule has 0 saturated carbocycles. The molecule has 3 nitrogen and oxygen atoms in total. The Bertz CT molecular complexity index is 235. The monoisotopic (exact) mass is 156 g/mol. The molecule has 1 aromatic rings. The van der Waals surface area contributed by atoms with Crippen LogP contribution in [0.5, 0.6) is 0 Å². The summed E-state index contributed by atoms with van der Waals surface area (Å²) in [5.41, 5.74) is 0.652. The van der Waals surface area contributed by atoms with Gasteiger partial charge in [0, 0.05) is 18.0 Å². The number of hydrogen-bond donors (Lipinski definition) is 1. The minimum atomic E-state index is 0.0717. The molecule has 0 aliphatic rings. The van der Waals surface area contributed by atoms with Crippen molar-refractivity contribution in [2.75, 3.05) is 0 Å². The summed E-state index contributed by atoms with van der Waals surface area (Å²) >= 11 is 5.46. The number of hydrogen-bond acceptors (Lipinski definition) is 3. The van der Waals surface area contributed by atoms with E-state index in [2.05, 4.69) is 10.1 Å². The van der Waals surface area contributed by atoms with E-state index in [-0.39, 0.29) is 5.17 Å². The van der Waals surface area contributed by atoms with Crippen LogP contribution in [0.3, 0.4) is 0 Å². The zero-order chi connectivity index (χ0) is 7.40. The lowest BCUT2D eigenvalue weighted by atomic mass is 10.3. The molecule has 0 fully saturated rings. The number of oxime groups is 1. The van der Waals surface area contributed by atoms with E-state index in [0.717, 1.165) is 0 Å². The molecular weight excluding hydrogens is 152 g/mol. The molecule has 0 aliphatic heterocycles. The molecule has 1 heterocycles. The van der Waals surface area contributed by atoms with Crippen molar-refractivity contribution < 1.29 is 5.21 Å². The van der Waals surface area contributed by atoms with Crippen LogP contribution in [0.2, 0.25) is 0 Å². The highest BCUT2D eigenvalue weighted by molar-refractivity contribution is 6.69. The van der Waals surface area contributed by atoms with Gasteiger partial charge in [0.1, 0.15) is 0 Å². The van der Waals surface area contributed by atoms with Crippen molar-refractivity contribution >= 4 is 16.8 Å². The predicted octanol–water partition coefficient (Wildman–Crippen LogP) is 1.46. The number of pyridine rings is 1. The largest absolute Gasteiger partial charge is 0.410 e. The Morgan fingerprint density at radius 1 is 1.50 bits per heavy atom. The Kier molecular flexibility index (Phi) is 2.23. The molecule has 1 aromatic heterocycles. The predicted molar refractivity (Wildman–Crippen MR) is 38.4 cm³/mol. The van der Waals surface area contributed by atoms with Gasteiger partial charge >= 0.3 is 0 Å². The molecule has 0 atom stereocenters. The Morgan fingerprint density at radius 2 is 2.10 bits per heavy atom. The number of halogens is 1. The summed E-state index contributed by atoms with van der Waals surface area (Å²) in [5.74, 6) is 0. The molecular formula is C6H5ClN2O. The first-order chi connectivity index (χ1) is 4.84. The average Bonchev–Trinajstić information content (AvgIpc) is 2.05. The summed E-state index contributed by atoms with van der Waals surface area (Å²) < 4.78 is 0. The van der Waals surface area contributed by atoms with Gasteiger partial charge in [0.15, 0.2) is 5.17 Å². The Hall–Kier alpha value is -1.09. The van der Waals surface area contributed by atoms with Crippen molar-refractivity contribution in [2.45, 2.75) is 0 Å². The lowest BCUT2D eigenvalue weighted by molar-refractivity contribution is 0.321.